The van der Waals surface area contributed by atoms with E-state index in [0.717, 1.165) is 56.3 Å². The summed E-state index contributed by atoms with van der Waals surface area (Å²) < 4.78 is 5.92. The standard InChI is InChI=1S/C20H24N4O2S/c25-20(16-4-7-22-19(13-16)26-18-5-12-27-15-18)24-10-8-23(9-11-24)14-17-3-1-2-6-21-17/h1-4,6-7,13,18H,5,8-12,14-15H2. The van der Waals surface area contributed by atoms with Crippen LogP contribution >= 0.6 is 11.8 Å². The lowest BCUT2D eigenvalue weighted by Crippen LogP contribution is -2.48. The van der Waals surface area contributed by atoms with Crippen LogP contribution in [-0.4, -0.2) is 69.5 Å². The summed E-state index contributed by atoms with van der Waals surface area (Å²) in [6.07, 6.45) is 4.75. The van der Waals surface area contributed by atoms with Crippen LogP contribution in [0.5, 0.6) is 5.88 Å². The zero-order valence-corrected chi connectivity index (χ0v) is 16.1. The lowest BCUT2D eigenvalue weighted by molar-refractivity contribution is 0.0626. The Morgan fingerprint density at radius 2 is 2.04 bits per heavy atom. The summed E-state index contributed by atoms with van der Waals surface area (Å²) in [6.45, 7) is 3.99. The van der Waals surface area contributed by atoms with Crippen molar-refractivity contribution in [3.8, 4) is 5.88 Å². The Balaban J connectivity index is 1.32. The molecule has 4 heterocycles. The van der Waals surface area contributed by atoms with Crippen LogP contribution in [0.1, 0.15) is 22.5 Å². The maximum atomic E-state index is 12.9. The maximum absolute atomic E-state index is 12.9. The molecule has 0 bridgehead atoms. The Labute approximate surface area is 163 Å². The van der Waals surface area contributed by atoms with Crippen LogP contribution in [0, 0.1) is 0 Å². The lowest BCUT2D eigenvalue weighted by atomic mass is 10.2. The molecule has 2 fully saturated rings. The fourth-order valence-corrected chi connectivity index (χ4v) is 4.49. The van der Waals surface area contributed by atoms with Gasteiger partial charge in [-0.3, -0.25) is 14.7 Å². The molecule has 2 aromatic rings. The van der Waals surface area contributed by atoms with Crippen molar-refractivity contribution in [2.75, 3.05) is 37.7 Å². The number of nitrogens with zero attached hydrogens (tertiary/aromatic N) is 4. The van der Waals surface area contributed by atoms with E-state index in [9.17, 15) is 4.79 Å². The van der Waals surface area contributed by atoms with Gasteiger partial charge in [0.1, 0.15) is 6.10 Å². The van der Waals surface area contributed by atoms with Gasteiger partial charge in [0.25, 0.3) is 5.91 Å². The lowest BCUT2D eigenvalue weighted by Gasteiger charge is -2.34. The van der Waals surface area contributed by atoms with Gasteiger partial charge >= 0.3 is 0 Å². The highest BCUT2D eigenvalue weighted by Gasteiger charge is 2.23. The molecule has 7 heteroatoms. The number of hydrogen-bond acceptors (Lipinski definition) is 6. The van der Waals surface area contributed by atoms with Crippen molar-refractivity contribution in [2.45, 2.75) is 19.1 Å². The molecule has 0 aromatic carbocycles. The van der Waals surface area contributed by atoms with Crippen LogP contribution in [0.25, 0.3) is 0 Å². The third-order valence-electron chi connectivity index (χ3n) is 4.93. The Bertz CT molecular complexity index is 760. The highest BCUT2D eigenvalue weighted by molar-refractivity contribution is 7.99. The van der Waals surface area contributed by atoms with Crippen LogP contribution in [0.3, 0.4) is 0 Å². The zero-order chi connectivity index (χ0) is 18.5. The Hall–Kier alpha value is -2.12. The summed E-state index contributed by atoms with van der Waals surface area (Å²) in [4.78, 5) is 25.8. The molecule has 2 aliphatic rings. The minimum absolute atomic E-state index is 0.0560. The first-order valence-electron chi connectivity index (χ1n) is 9.40. The largest absolute Gasteiger partial charge is 0.473 e. The van der Waals surface area contributed by atoms with Gasteiger partial charge in [-0.05, 0) is 30.4 Å². The molecule has 1 unspecified atom stereocenters. The minimum Gasteiger partial charge on any atom is -0.473 e. The van der Waals surface area contributed by atoms with Crippen molar-refractivity contribution in [2.24, 2.45) is 0 Å². The van der Waals surface area contributed by atoms with Crippen molar-refractivity contribution in [1.29, 1.82) is 0 Å². The SMILES string of the molecule is O=C(c1ccnc(OC2CCSC2)c1)N1CCN(Cc2ccccn2)CC1. The van der Waals surface area contributed by atoms with Gasteiger partial charge < -0.3 is 9.64 Å². The van der Waals surface area contributed by atoms with E-state index >= 15 is 0 Å². The number of rotatable bonds is 5. The van der Waals surface area contributed by atoms with Crippen LogP contribution in [0.15, 0.2) is 42.7 Å². The van der Waals surface area contributed by atoms with E-state index in [2.05, 4.69) is 14.9 Å². The molecule has 4 rings (SSSR count). The predicted molar refractivity (Wildman–Crippen MR) is 106 cm³/mol. The number of thioether (sulfide) groups is 1. The molecular formula is C20H24N4O2S. The number of aromatic nitrogens is 2. The number of amides is 1. The average Bonchev–Trinajstić information content (AvgIpc) is 3.22. The van der Waals surface area contributed by atoms with Gasteiger partial charge in [0.05, 0.1) is 5.69 Å². The first kappa shape index (κ1) is 18.3. The van der Waals surface area contributed by atoms with E-state index in [1.165, 1.54) is 0 Å². The molecule has 0 radical (unpaired) electrons. The first-order chi connectivity index (χ1) is 13.3. The van der Waals surface area contributed by atoms with Gasteiger partial charge in [-0.25, -0.2) is 4.98 Å². The normalized spacial score (nSPS) is 20.6. The molecular weight excluding hydrogens is 360 g/mol. The van der Waals surface area contributed by atoms with Gasteiger partial charge in [-0.15, -0.1) is 0 Å². The molecule has 0 aliphatic carbocycles. The number of carbonyl (C=O) groups is 1. The topological polar surface area (TPSA) is 58.6 Å². The minimum atomic E-state index is 0.0560. The molecule has 0 saturated carbocycles. The summed E-state index contributed by atoms with van der Waals surface area (Å²) in [6, 6.07) is 9.54. The van der Waals surface area contributed by atoms with E-state index in [-0.39, 0.29) is 12.0 Å². The Morgan fingerprint density at radius 3 is 2.78 bits per heavy atom. The van der Waals surface area contributed by atoms with Crippen molar-refractivity contribution < 1.29 is 9.53 Å². The molecule has 0 N–H and O–H groups in total. The van der Waals surface area contributed by atoms with Gasteiger partial charge in [0.15, 0.2) is 0 Å². The molecule has 1 atom stereocenters. The summed E-state index contributed by atoms with van der Waals surface area (Å²) in [5.74, 6) is 2.74. The van der Waals surface area contributed by atoms with Gasteiger partial charge in [0, 0.05) is 62.5 Å². The summed E-state index contributed by atoms with van der Waals surface area (Å²) in [5.41, 5.74) is 1.72. The summed E-state index contributed by atoms with van der Waals surface area (Å²) >= 11 is 1.90. The number of pyridine rings is 2. The van der Waals surface area contributed by atoms with Crippen molar-refractivity contribution >= 4 is 17.7 Å². The molecule has 2 aromatic heterocycles. The fraction of sp³-hybridized carbons (Fsp3) is 0.450. The van der Waals surface area contributed by atoms with Crippen molar-refractivity contribution in [1.82, 2.24) is 19.8 Å². The second-order valence-corrected chi connectivity index (χ2v) is 8.03. The molecule has 27 heavy (non-hydrogen) atoms. The third kappa shape index (κ3) is 4.78. The van der Waals surface area contributed by atoms with E-state index in [4.69, 9.17) is 4.74 Å². The van der Waals surface area contributed by atoms with Gasteiger partial charge in [-0.1, -0.05) is 6.07 Å². The van der Waals surface area contributed by atoms with Crippen molar-refractivity contribution in [3.05, 3.63) is 54.0 Å². The highest BCUT2D eigenvalue weighted by atomic mass is 32.2. The molecule has 142 valence electrons. The summed E-state index contributed by atoms with van der Waals surface area (Å²) in [7, 11) is 0. The van der Waals surface area contributed by atoms with Gasteiger partial charge in [-0.2, -0.15) is 11.8 Å². The average molecular weight is 385 g/mol. The van der Waals surface area contributed by atoms with Crippen LogP contribution < -0.4 is 4.74 Å². The second kappa shape index (κ2) is 8.71. The predicted octanol–water partition coefficient (Wildman–Crippen LogP) is 2.32. The molecule has 6 nitrogen and oxygen atoms in total. The van der Waals surface area contributed by atoms with E-state index in [1.54, 1.807) is 18.3 Å². The van der Waals surface area contributed by atoms with Crippen molar-refractivity contribution in [3.63, 3.8) is 0 Å². The number of ether oxygens (including phenoxy) is 1. The van der Waals surface area contributed by atoms with Crippen LogP contribution in [0.4, 0.5) is 0 Å². The van der Waals surface area contributed by atoms with E-state index < -0.39 is 0 Å². The van der Waals surface area contributed by atoms with E-state index in [0.29, 0.717) is 11.4 Å². The quantitative estimate of drug-likeness (QED) is 0.789. The molecule has 2 saturated heterocycles. The molecule has 1 amide bonds. The summed E-state index contributed by atoms with van der Waals surface area (Å²) in [5, 5.41) is 0. The molecule has 2 aliphatic heterocycles. The van der Waals surface area contributed by atoms with Crippen LogP contribution in [0.2, 0.25) is 0 Å². The Morgan fingerprint density at radius 1 is 1.15 bits per heavy atom. The maximum Gasteiger partial charge on any atom is 0.254 e. The Kier molecular flexibility index (Phi) is 5.89. The number of hydrogen-bond donors (Lipinski definition) is 0. The van der Waals surface area contributed by atoms with Gasteiger partial charge in [0.2, 0.25) is 5.88 Å². The monoisotopic (exact) mass is 384 g/mol. The number of carbonyl (C=O) groups excluding carboxylic acids is 1. The first-order valence-corrected chi connectivity index (χ1v) is 10.6. The number of piperazine rings is 1. The fourth-order valence-electron chi connectivity index (χ4n) is 3.40. The third-order valence-corrected chi connectivity index (χ3v) is 6.06. The van der Waals surface area contributed by atoms with E-state index in [1.807, 2.05) is 41.1 Å². The zero-order valence-electron chi connectivity index (χ0n) is 15.3. The second-order valence-electron chi connectivity index (χ2n) is 6.88. The van der Waals surface area contributed by atoms with Crippen LogP contribution in [-0.2, 0) is 6.54 Å². The molecule has 0 spiro atoms. The highest BCUT2D eigenvalue weighted by Crippen LogP contribution is 2.22. The smallest absolute Gasteiger partial charge is 0.254 e.